The van der Waals surface area contributed by atoms with Crippen molar-refractivity contribution in [3.05, 3.63) is 28.2 Å². The van der Waals surface area contributed by atoms with Crippen molar-refractivity contribution < 1.29 is 24.0 Å². The van der Waals surface area contributed by atoms with Crippen LogP contribution in [0, 0.1) is 0 Å². The van der Waals surface area contributed by atoms with Crippen molar-refractivity contribution in [2.75, 3.05) is 20.6 Å². The zero-order valence-electron chi connectivity index (χ0n) is 7.85. The van der Waals surface area contributed by atoms with Crippen LogP contribution < -0.4 is 28.5 Å². The van der Waals surface area contributed by atoms with E-state index in [9.17, 15) is 0 Å². The first-order chi connectivity index (χ1) is 5.59. The summed E-state index contributed by atoms with van der Waals surface area (Å²) in [4.78, 5) is 0. The molecule has 0 amide bonds. The summed E-state index contributed by atoms with van der Waals surface area (Å²) < 4.78 is 2.23. The second-order valence-electron chi connectivity index (χ2n) is 3.93. The van der Waals surface area contributed by atoms with E-state index in [2.05, 4.69) is 48.2 Å². The van der Waals surface area contributed by atoms with Crippen molar-refractivity contribution in [1.82, 2.24) is 4.48 Å². The van der Waals surface area contributed by atoms with Crippen LogP contribution in [0.3, 0.4) is 0 Å². The van der Waals surface area contributed by atoms with Crippen molar-refractivity contribution in [3.8, 4) is 0 Å². The van der Waals surface area contributed by atoms with Gasteiger partial charge in [-0.25, -0.2) is 0 Å². The van der Waals surface area contributed by atoms with Crippen molar-refractivity contribution in [3.63, 3.8) is 0 Å². The molecular weight excluding hydrogens is 341 g/mol. The third-order valence-corrected chi connectivity index (χ3v) is 3.13. The molecule has 1 heterocycles. The highest BCUT2D eigenvalue weighted by Crippen LogP contribution is 2.33. The minimum absolute atomic E-state index is 0. The Morgan fingerprint density at radius 3 is 2.69 bits per heavy atom. The predicted molar refractivity (Wildman–Crippen MR) is 56.4 cm³/mol. The van der Waals surface area contributed by atoms with Crippen LogP contribution in [-0.2, 0) is 6.42 Å². The van der Waals surface area contributed by atoms with Gasteiger partial charge in [-0.3, -0.25) is 4.48 Å². The van der Waals surface area contributed by atoms with E-state index in [0.29, 0.717) is 0 Å². The fourth-order valence-corrected chi connectivity index (χ4v) is 2.27. The second-order valence-corrected chi connectivity index (χ2v) is 4.85. The highest BCUT2D eigenvalue weighted by molar-refractivity contribution is 9.10. The number of rotatable bonds is 0. The Morgan fingerprint density at radius 1 is 1.31 bits per heavy atom. The van der Waals surface area contributed by atoms with Gasteiger partial charge < -0.3 is 24.0 Å². The first-order valence-corrected chi connectivity index (χ1v) is 5.01. The molecule has 3 heteroatoms. The standard InChI is InChI=1S/C10H13BrN.HI/c1-12(2)6-5-8-7-9(11)3-4-10(8)12;/h3-4,7H,5-6H2,1-2H3;1H/q+1;/p-1. The molecular formula is C10H13BrIN. The van der Waals surface area contributed by atoms with Gasteiger partial charge in [-0.2, -0.15) is 0 Å². The Kier molecular flexibility index (Phi) is 3.41. The fraction of sp³-hybridized carbons (Fsp3) is 0.400. The number of hydrogen-bond donors (Lipinski definition) is 0. The quantitative estimate of drug-likeness (QED) is 0.439. The molecule has 0 saturated carbocycles. The molecule has 0 spiro atoms. The van der Waals surface area contributed by atoms with E-state index in [1.165, 1.54) is 28.7 Å². The molecule has 0 aromatic heterocycles. The summed E-state index contributed by atoms with van der Waals surface area (Å²) in [5, 5.41) is 0. The third-order valence-electron chi connectivity index (χ3n) is 2.63. The van der Waals surface area contributed by atoms with E-state index < -0.39 is 0 Å². The van der Waals surface area contributed by atoms with Gasteiger partial charge >= 0.3 is 0 Å². The first kappa shape index (κ1) is 11.5. The highest BCUT2D eigenvalue weighted by atomic mass is 127. The van der Waals surface area contributed by atoms with Crippen LogP contribution >= 0.6 is 15.9 Å². The summed E-state index contributed by atoms with van der Waals surface area (Å²) >= 11 is 3.50. The van der Waals surface area contributed by atoms with E-state index >= 15 is 0 Å². The molecule has 0 atom stereocenters. The van der Waals surface area contributed by atoms with Crippen molar-refractivity contribution >= 4 is 21.6 Å². The molecule has 1 aromatic carbocycles. The zero-order valence-corrected chi connectivity index (χ0v) is 11.6. The molecule has 72 valence electrons. The van der Waals surface area contributed by atoms with E-state index in [-0.39, 0.29) is 24.0 Å². The number of fused-ring (bicyclic) bond motifs is 1. The van der Waals surface area contributed by atoms with Crippen LogP contribution in [0.2, 0.25) is 0 Å². The largest absolute Gasteiger partial charge is 1.00 e. The summed E-state index contributed by atoms with van der Waals surface area (Å²) in [5.41, 5.74) is 2.97. The van der Waals surface area contributed by atoms with Gasteiger partial charge in [0.25, 0.3) is 0 Å². The fourth-order valence-electron chi connectivity index (χ4n) is 1.87. The third kappa shape index (κ3) is 2.07. The Hall–Kier alpha value is 0.390. The van der Waals surface area contributed by atoms with Crippen LogP contribution in [-0.4, -0.2) is 20.6 Å². The average Bonchev–Trinajstić information content (AvgIpc) is 2.27. The summed E-state index contributed by atoms with van der Waals surface area (Å²) in [7, 11) is 4.53. The summed E-state index contributed by atoms with van der Waals surface area (Å²) in [6.07, 6.45) is 1.21. The molecule has 2 rings (SSSR count). The highest BCUT2D eigenvalue weighted by Gasteiger charge is 2.29. The van der Waals surface area contributed by atoms with Gasteiger partial charge in [-0.1, -0.05) is 15.9 Å². The van der Waals surface area contributed by atoms with E-state index in [1.807, 2.05) is 0 Å². The molecule has 0 fully saturated rings. The normalized spacial score (nSPS) is 17.8. The lowest BCUT2D eigenvalue weighted by atomic mass is 10.2. The molecule has 1 aliphatic heterocycles. The summed E-state index contributed by atoms with van der Waals surface area (Å²) in [5.74, 6) is 0. The van der Waals surface area contributed by atoms with Gasteiger partial charge in [-0.05, 0) is 12.1 Å². The number of benzene rings is 1. The Morgan fingerprint density at radius 2 is 2.00 bits per heavy atom. The van der Waals surface area contributed by atoms with Gasteiger partial charge in [0.15, 0.2) is 0 Å². The Bertz CT molecular complexity index is 323. The maximum atomic E-state index is 3.50. The SMILES string of the molecule is C[N+]1(C)CCc2cc(Br)ccc21.[I-]. The summed E-state index contributed by atoms with van der Waals surface area (Å²) in [6.45, 7) is 1.23. The van der Waals surface area contributed by atoms with E-state index in [0.717, 1.165) is 4.48 Å². The van der Waals surface area contributed by atoms with Crippen LogP contribution in [0.1, 0.15) is 5.56 Å². The number of quaternary nitrogens is 1. The van der Waals surface area contributed by atoms with Crippen LogP contribution in [0.5, 0.6) is 0 Å². The number of nitrogens with zero attached hydrogens (tertiary/aromatic N) is 1. The molecule has 1 aliphatic rings. The van der Waals surface area contributed by atoms with Crippen LogP contribution in [0.15, 0.2) is 22.7 Å². The van der Waals surface area contributed by atoms with Crippen LogP contribution in [0.25, 0.3) is 0 Å². The van der Waals surface area contributed by atoms with Gasteiger partial charge in [0.2, 0.25) is 0 Å². The number of likely N-dealkylation sites (N-methyl/N-ethyl adjacent to an activating group) is 1. The number of halogens is 2. The van der Waals surface area contributed by atoms with E-state index in [1.54, 1.807) is 0 Å². The second kappa shape index (κ2) is 3.87. The van der Waals surface area contributed by atoms with Gasteiger partial charge in [0, 0.05) is 22.5 Å². The Labute approximate surface area is 105 Å². The van der Waals surface area contributed by atoms with Crippen molar-refractivity contribution in [1.29, 1.82) is 0 Å². The van der Waals surface area contributed by atoms with Crippen molar-refractivity contribution in [2.45, 2.75) is 6.42 Å². The smallest absolute Gasteiger partial charge is 0.135 e. The average molecular weight is 354 g/mol. The monoisotopic (exact) mass is 353 g/mol. The molecule has 1 nitrogen and oxygen atoms in total. The lowest BCUT2D eigenvalue weighted by molar-refractivity contribution is -0.00000249. The molecule has 0 unspecified atom stereocenters. The number of hydrogen-bond acceptors (Lipinski definition) is 0. The maximum Gasteiger partial charge on any atom is 0.135 e. The zero-order chi connectivity index (χ0) is 8.77. The van der Waals surface area contributed by atoms with Crippen LogP contribution in [0.4, 0.5) is 5.69 Å². The first-order valence-electron chi connectivity index (χ1n) is 4.21. The van der Waals surface area contributed by atoms with Crippen molar-refractivity contribution in [2.24, 2.45) is 0 Å². The summed E-state index contributed by atoms with van der Waals surface area (Å²) in [6, 6.07) is 6.60. The van der Waals surface area contributed by atoms with Gasteiger partial charge in [-0.15, -0.1) is 0 Å². The Balaban J connectivity index is 0.000000845. The molecule has 0 radical (unpaired) electrons. The molecule has 0 aliphatic carbocycles. The minimum atomic E-state index is 0. The molecule has 0 bridgehead atoms. The molecule has 1 aromatic rings. The van der Waals surface area contributed by atoms with E-state index in [4.69, 9.17) is 0 Å². The van der Waals surface area contributed by atoms with Gasteiger partial charge in [0.1, 0.15) is 5.69 Å². The predicted octanol–water partition coefficient (Wildman–Crippen LogP) is -0.424. The molecule has 0 saturated heterocycles. The minimum Gasteiger partial charge on any atom is -1.00 e. The lowest BCUT2D eigenvalue weighted by Gasteiger charge is -2.23. The topological polar surface area (TPSA) is 0 Å². The molecule has 0 N–H and O–H groups in total. The molecule has 13 heavy (non-hydrogen) atoms. The maximum absolute atomic E-state index is 3.50. The van der Waals surface area contributed by atoms with Gasteiger partial charge in [0.05, 0.1) is 20.6 Å². The lowest BCUT2D eigenvalue weighted by Crippen LogP contribution is -3.00.